The largest absolute Gasteiger partial charge is 0.329 e. The Labute approximate surface area is 153 Å². The first-order valence-corrected chi connectivity index (χ1v) is 10.5. The van der Waals surface area contributed by atoms with Gasteiger partial charge in [0.2, 0.25) is 0 Å². The van der Waals surface area contributed by atoms with E-state index < -0.39 is 9.84 Å². The summed E-state index contributed by atoms with van der Waals surface area (Å²) in [6.07, 6.45) is 1.46. The van der Waals surface area contributed by atoms with Crippen LogP contribution >= 0.6 is 0 Å². The van der Waals surface area contributed by atoms with E-state index in [0.717, 1.165) is 18.4 Å². The SMILES string of the molecule is O=C(c1ccccc1)N1CCNCC1c1ccccc1S(=O)(=O)C1CC1. The normalized spacial score (nSPS) is 20.8. The van der Waals surface area contributed by atoms with Crippen LogP contribution in [0, 0.1) is 0 Å². The Morgan fingerprint density at radius 3 is 2.42 bits per heavy atom. The molecule has 6 heteroatoms. The zero-order chi connectivity index (χ0) is 18.1. The summed E-state index contributed by atoms with van der Waals surface area (Å²) in [4.78, 5) is 15.2. The van der Waals surface area contributed by atoms with Crippen LogP contribution in [0.25, 0.3) is 0 Å². The van der Waals surface area contributed by atoms with Crippen molar-refractivity contribution in [3.63, 3.8) is 0 Å². The summed E-state index contributed by atoms with van der Waals surface area (Å²) in [6, 6.07) is 16.0. The number of nitrogens with zero attached hydrogens (tertiary/aromatic N) is 1. The molecule has 136 valence electrons. The molecule has 1 aliphatic carbocycles. The van der Waals surface area contributed by atoms with E-state index in [-0.39, 0.29) is 17.2 Å². The number of rotatable bonds is 4. The highest BCUT2D eigenvalue weighted by Crippen LogP contribution is 2.37. The van der Waals surface area contributed by atoms with Crippen LogP contribution in [-0.2, 0) is 9.84 Å². The fraction of sp³-hybridized carbons (Fsp3) is 0.350. The number of hydrogen-bond acceptors (Lipinski definition) is 4. The molecule has 4 rings (SSSR count). The first-order chi connectivity index (χ1) is 12.6. The van der Waals surface area contributed by atoms with Gasteiger partial charge in [0, 0.05) is 25.2 Å². The molecule has 2 aromatic carbocycles. The molecular weight excluding hydrogens is 348 g/mol. The number of carbonyl (C=O) groups is 1. The molecule has 1 amide bonds. The lowest BCUT2D eigenvalue weighted by atomic mass is 10.0. The van der Waals surface area contributed by atoms with Crippen molar-refractivity contribution < 1.29 is 13.2 Å². The van der Waals surface area contributed by atoms with Gasteiger partial charge in [-0.25, -0.2) is 8.42 Å². The van der Waals surface area contributed by atoms with Gasteiger partial charge in [-0.2, -0.15) is 0 Å². The highest BCUT2D eigenvalue weighted by atomic mass is 32.2. The van der Waals surface area contributed by atoms with Crippen LogP contribution in [0.2, 0.25) is 0 Å². The Kier molecular flexibility index (Phi) is 4.54. The molecule has 1 heterocycles. The van der Waals surface area contributed by atoms with Crippen molar-refractivity contribution in [2.45, 2.75) is 29.0 Å². The minimum absolute atomic E-state index is 0.0595. The van der Waals surface area contributed by atoms with Crippen LogP contribution in [0.1, 0.15) is 34.8 Å². The first-order valence-electron chi connectivity index (χ1n) is 8.98. The van der Waals surface area contributed by atoms with E-state index in [1.807, 2.05) is 30.3 Å². The summed E-state index contributed by atoms with van der Waals surface area (Å²) in [5, 5.41) is 3.04. The zero-order valence-corrected chi connectivity index (χ0v) is 15.3. The van der Waals surface area contributed by atoms with Gasteiger partial charge in [-0.05, 0) is 36.6 Å². The van der Waals surface area contributed by atoms with Gasteiger partial charge in [0.05, 0.1) is 16.2 Å². The maximum atomic E-state index is 13.0. The smallest absolute Gasteiger partial charge is 0.254 e. The molecule has 2 aromatic rings. The maximum Gasteiger partial charge on any atom is 0.254 e. The molecule has 0 aromatic heterocycles. The highest BCUT2D eigenvalue weighted by Gasteiger charge is 2.40. The molecule has 0 radical (unpaired) electrons. The monoisotopic (exact) mass is 370 g/mol. The Morgan fingerprint density at radius 2 is 1.69 bits per heavy atom. The highest BCUT2D eigenvalue weighted by molar-refractivity contribution is 7.92. The lowest BCUT2D eigenvalue weighted by Gasteiger charge is -2.37. The van der Waals surface area contributed by atoms with Gasteiger partial charge < -0.3 is 10.2 Å². The lowest BCUT2D eigenvalue weighted by molar-refractivity contribution is 0.0631. The molecule has 26 heavy (non-hydrogen) atoms. The molecule has 1 saturated heterocycles. The van der Waals surface area contributed by atoms with E-state index in [0.29, 0.717) is 30.1 Å². The van der Waals surface area contributed by atoms with Crippen LogP contribution in [0.15, 0.2) is 59.5 Å². The number of sulfone groups is 1. The minimum atomic E-state index is -3.33. The van der Waals surface area contributed by atoms with E-state index in [1.165, 1.54) is 0 Å². The van der Waals surface area contributed by atoms with E-state index in [4.69, 9.17) is 0 Å². The van der Waals surface area contributed by atoms with Crippen LogP contribution in [0.3, 0.4) is 0 Å². The second kappa shape index (κ2) is 6.85. The predicted octanol–water partition coefficient (Wildman–Crippen LogP) is 2.41. The van der Waals surface area contributed by atoms with Crippen molar-refractivity contribution in [2.75, 3.05) is 19.6 Å². The lowest BCUT2D eigenvalue weighted by Crippen LogP contribution is -2.49. The summed E-state index contributed by atoms with van der Waals surface area (Å²) in [7, 11) is -3.33. The molecule has 1 unspecified atom stereocenters. The van der Waals surface area contributed by atoms with Crippen molar-refractivity contribution >= 4 is 15.7 Å². The van der Waals surface area contributed by atoms with Crippen LogP contribution in [0.4, 0.5) is 0 Å². The number of piperazine rings is 1. The molecule has 0 bridgehead atoms. The van der Waals surface area contributed by atoms with E-state index in [2.05, 4.69) is 5.32 Å². The van der Waals surface area contributed by atoms with Crippen molar-refractivity contribution in [1.29, 1.82) is 0 Å². The second-order valence-electron chi connectivity index (χ2n) is 6.87. The van der Waals surface area contributed by atoms with Gasteiger partial charge in [-0.3, -0.25) is 4.79 Å². The van der Waals surface area contributed by atoms with E-state index in [1.54, 1.807) is 29.2 Å². The Morgan fingerprint density at radius 1 is 1.00 bits per heavy atom. The topological polar surface area (TPSA) is 66.5 Å². The molecular formula is C20H22N2O3S. The molecule has 2 aliphatic rings. The average Bonchev–Trinajstić information content (AvgIpc) is 3.54. The number of hydrogen-bond donors (Lipinski definition) is 1. The number of carbonyl (C=O) groups excluding carboxylic acids is 1. The van der Waals surface area contributed by atoms with Gasteiger partial charge in [0.1, 0.15) is 0 Å². The van der Waals surface area contributed by atoms with Crippen LogP contribution in [0.5, 0.6) is 0 Å². The van der Waals surface area contributed by atoms with Gasteiger partial charge in [0.15, 0.2) is 9.84 Å². The van der Waals surface area contributed by atoms with Crippen LogP contribution < -0.4 is 5.32 Å². The summed E-state index contributed by atoms with van der Waals surface area (Å²) in [6.45, 7) is 1.80. The summed E-state index contributed by atoms with van der Waals surface area (Å²) in [5.41, 5.74) is 1.35. The van der Waals surface area contributed by atoms with Crippen molar-refractivity contribution in [2.24, 2.45) is 0 Å². The summed E-state index contributed by atoms with van der Waals surface area (Å²) >= 11 is 0. The Balaban J connectivity index is 1.73. The standard InChI is InChI=1S/C20H22N2O3S/c23-20(15-6-2-1-3-7-15)22-13-12-21-14-18(22)17-8-4-5-9-19(17)26(24,25)16-10-11-16/h1-9,16,18,21H,10-14H2. The van der Waals surface area contributed by atoms with Crippen LogP contribution in [-0.4, -0.2) is 44.1 Å². The average molecular weight is 370 g/mol. The van der Waals surface area contributed by atoms with Gasteiger partial charge in [0.25, 0.3) is 5.91 Å². The van der Waals surface area contributed by atoms with Crippen molar-refractivity contribution in [3.8, 4) is 0 Å². The third-order valence-electron chi connectivity index (χ3n) is 5.07. The first kappa shape index (κ1) is 17.2. The molecule has 1 saturated carbocycles. The van der Waals surface area contributed by atoms with Gasteiger partial charge in [-0.1, -0.05) is 36.4 Å². The van der Waals surface area contributed by atoms with E-state index >= 15 is 0 Å². The quantitative estimate of drug-likeness (QED) is 0.898. The van der Waals surface area contributed by atoms with Gasteiger partial charge >= 0.3 is 0 Å². The number of nitrogens with one attached hydrogen (secondary N) is 1. The summed E-state index contributed by atoms with van der Waals surface area (Å²) < 4.78 is 25.8. The Bertz CT molecular complexity index is 908. The fourth-order valence-electron chi connectivity index (χ4n) is 3.54. The molecule has 1 aliphatic heterocycles. The van der Waals surface area contributed by atoms with Crippen molar-refractivity contribution in [1.82, 2.24) is 10.2 Å². The molecule has 5 nitrogen and oxygen atoms in total. The second-order valence-corrected chi connectivity index (χ2v) is 9.06. The Hall–Kier alpha value is -2.18. The predicted molar refractivity (Wildman–Crippen MR) is 99.7 cm³/mol. The fourth-order valence-corrected chi connectivity index (χ4v) is 5.46. The minimum Gasteiger partial charge on any atom is -0.329 e. The molecule has 1 N–H and O–H groups in total. The van der Waals surface area contributed by atoms with Crippen molar-refractivity contribution in [3.05, 3.63) is 65.7 Å². The zero-order valence-electron chi connectivity index (χ0n) is 14.5. The van der Waals surface area contributed by atoms with E-state index in [9.17, 15) is 13.2 Å². The third kappa shape index (κ3) is 3.15. The van der Waals surface area contributed by atoms with Gasteiger partial charge in [-0.15, -0.1) is 0 Å². The number of benzene rings is 2. The maximum absolute atomic E-state index is 13.0. The third-order valence-corrected chi connectivity index (χ3v) is 7.41. The molecule has 0 spiro atoms. The summed E-state index contributed by atoms with van der Waals surface area (Å²) in [5.74, 6) is -0.0595. The molecule has 2 fully saturated rings. The number of amides is 1. The molecule has 1 atom stereocenters.